The number of amides is 1. The third kappa shape index (κ3) is 33.0. The average molecular weight is 697 g/mol. The topological polar surface area (TPSA) is 108 Å². The van der Waals surface area contributed by atoms with E-state index in [9.17, 15) is 19.4 Å². The first-order valence-corrected chi connectivity index (χ1v) is 20.5. The summed E-state index contributed by atoms with van der Waals surface area (Å²) in [5, 5.41) is 13.6. The Hall–Kier alpha value is -1.54. The second kappa shape index (κ2) is 31.4. The Labute approximate surface area is 295 Å². The lowest BCUT2D eigenvalue weighted by atomic mass is 10.1. The number of hydrogen-bond donors (Lipinski definition) is 2. The molecule has 0 saturated heterocycles. The highest BCUT2D eigenvalue weighted by Crippen LogP contribution is 2.38. The Morgan fingerprint density at radius 2 is 1.25 bits per heavy atom. The van der Waals surface area contributed by atoms with Crippen LogP contribution >= 0.6 is 7.82 Å². The molecule has 0 rings (SSSR count). The van der Waals surface area contributed by atoms with Crippen molar-refractivity contribution in [3.63, 3.8) is 0 Å². The lowest BCUT2D eigenvalue weighted by molar-refractivity contribution is -0.870. The van der Waals surface area contributed by atoms with Gasteiger partial charge in [0.2, 0.25) is 5.91 Å². The molecule has 0 aliphatic rings. The van der Waals surface area contributed by atoms with Crippen LogP contribution < -0.4 is 10.2 Å². The Kier molecular flexibility index (Phi) is 30.4. The second-order valence-electron chi connectivity index (χ2n) is 13.9. The number of aliphatic hydroxyl groups excluding tert-OH is 1. The van der Waals surface area contributed by atoms with Gasteiger partial charge >= 0.3 is 0 Å². The van der Waals surface area contributed by atoms with E-state index in [0.717, 1.165) is 64.2 Å². The molecule has 9 heteroatoms. The summed E-state index contributed by atoms with van der Waals surface area (Å²) in [6.07, 6.45) is 37.2. The first kappa shape index (κ1) is 46.5. The molecule has 3 unspecified atom stereocenters. The Morgan fingerprint density at radius 3 is 1.88 bits per heavy atom. The normalized spacial score (nSPS) is 15.2. The van der Waals surface area contributed by atoms with E-state index < -0.39 is 26.6 Å². The van der Waals surface area contributed by atoms with Crippen molar-refractivity contribution < 1.29 is 32.9 Å². The summed E-state index contributed by atoms with van der Waals surface area (Å²) in [5.74, 6) is -0.227. The fourth-order valence-electron chi connectivity index (χ4n) is 4.89. The minimum atomic E-state index is -4.59. The Bertz CT molecular complexity index is 928. The summed E-state index contributed by atoms with van der Waals surface area (Å²) in [4.78, 5) is 25.1. The van der Waals surface area contributed by atoms with E-state index in [1.165, 1.54) is 57.8 Å². The number of phosphoric acid groups is 1. The van der Waals surface area contributed by atoms with Crippen LogP contribution in [-0.4, -0.2) is 68.5 Å². The number of aliphatic hydroxyl groups is 1. The molecule has 280 valence electrons. The monoisotopic (exact) mass is 697 g/mol. The van der Waals surface area contributed by atoms with Crippen LogP contribution in [0.15, 0.2) is 48.6 Å². The van der Waals surface area contributed by atoms with Gasteiger partial charge in [-0.15, -0.1) is 0 Å². The summed E-state index contributed by atoms with van der Waals surface area (Å²) in [6, 6.07) is -0.908. The van der Waals surface area contributed by atoms with Crippen LogP contribution in [0.4, 0.5) is 0 Å². The zero-order valence-corrected chi connectivity index (χ0v) is 32.3. The lowest BCUT2D eigenvalue weighted by Gasteiger charge is -2.29. The van der Waals surface area contributed by atoms with Gasteiger partial charge in [0.05, 0.1) is 39.9 Å². The standard InChI is InChI=1S/C39H73N2O6P/c1-6-8-10-12-14-16-18-20-21-23-25-27-29-31-33-39(43)40-37(36-47-48(44,45)46-35-34-41(3,4)5)38(42)32-30-28-26-24-22-19-17-15-13-11-9-7-2/h12,14,18,20,22,24,30,32,37-38,42H,6-11,13,15-17,19,21,23,25-29,31,33-36H2,1-5H3,(H-,40,43,44,45)/b14-12-,20-18-,24-22+,32-30+. The second-order valence-corrected chi connectivity index (χ2v) is 15.3. The van der Waals surface area contributed by atoms with Gasteiger partial charge in [-0.3, -0.25) is 9.36 Å². The molecule has 0 aromatic rings. The summed E-state index contributed by atoms with van der Waals surface area (Å²) in [6.45, 7) is 4.52. The maximum atomic E-state index is 12.8. The molecule has 0 aliphatic carbocycles. The van der Waals surface area contributed by atoms with E-state index in [1.807, 2.05) is 27.2 Å². The number of unbranched alkanes of at least 4 members (excludes halogenated alkanes) is 14. The molecule has 0 bridgehead atoms. The van der Waals surface area contributed by atoms with E-state index in [2.05, 4.69) is 55.6 Å². The molecule has 0 saturated carbocycles. The number of carbonyl (C=O) groups excluding carboxylic acids is 1. The van der Waals surface area contributed by atoms with Crippen molar-refractivity contribution in [3.8, 4) is 0 Å². The molecule has 2 N–H and O–H groups in total. The maximum absolute atomic E-state index is 12.8. The molecule has 48 heavy (non-hydrogen) atoms. The minimum Gasteiger partial charge on any atom is -0.756 e. The predicted molar refractivity (Wildman–Crippen MR) is 201 cm³/mol. The SMILES string of the molecule is CCCC/C=C\C/C=C\CCCCCCCC(=O)NC(COP(=O)([O-])OCC[N+](C)(C)C)C(O)/C=C/CC/C=C/CCCCCCCC. The molecule has 0 aromatic heterocycles. The van der Waals surface area contributed by atoms with E-state index in [0.29, 0.717) is 17.4 Å². The van der Waals surface area contributed by atoms with Crippen molar-refractivity contribution in [3.05, 3.63) is 48.6 Å². The quantitative estimate of drug-likeness (QED) is 0.0307. The third-order valence-corrected chi connectivity index (χ3v) is 8.98. The van der Waals surface area contributed by atoms with Gasteiger partial charge in [-0.1, -0.05) is 127 Å². The minimum absolute atomic E-state index is 0.0110. The molecule has 0 heterocycles. The van der Waals surface area contributed by atoms with Gasteiger partial charge in [-0.25, -0.2) is 0 Å². The van der Waals surface area contributed by atoms with Crippen molar-refractivity contribution in [1.82, 2.24) is 5.32 Å². The average Bonchev–Trinajstić information content (AvgIpc) is 3.02. The molecular weight excluding hydrogens is 623 g/mol. The number of allylic oxidation sites excluding steroid dienone is 7. The first-order chi connectivity index (χ1) is 23.0. The molecule has 0 radical (unpaired) electrons. The van der Waals surface area contributed by atoms with Gasteiger partial charge in [-0.2, -0.15) is 0 Å². The van der Waals surface area contributed by atoms with Crippen molar-refractivity contribution >= 4 is 13.7 Å². The largest absolute Gasteiger partial charge is 0.756 e. The molecular formula is C39H73N2O6P. The fraction of sp³-hybridized carbons (Fsp3) is 0.769. The number of phosphoric ester groups is 1. The van der Waals surface area contributed by atoms with Gasteiger partial charge in [0, 0.05) is 6.42 Å². The van der Waals surface area contributed by atoms with Gasteiger partial charge < -0.3 is 28.8 Å². The third-order valence-electron chi connectivity index (χ3n) is 8.01. The molecule has 3 atom stereocenters. The highest BCUT2D eigenvalue weighted by atomic mass is 31.2. The van der Waals surface area contributed by atoms with Crippen LogP contribution in [0.25, 0.3) is 0 Å². The summed E-state index contributed by atoms with van der Waals surface area (Å²) in [7, 11) is 1.22. The van der Waals surface area contributed by atoms with Crippen LogP contribution in [-0.2, 0) is 18.4 Å². The molecule has 8 nitrogen and oxygen atoms in total. The fourth-order valence-corrected chi connectivity index (χ4v) is 5.61. The van der Waals surface area contributed by atoms with Crippen molar-refractivity contribution in [1.29, 1.82) is 0 Å². The van der Waals surface area contributed by atoms with Crippen LogP contribution in [0, 0.1) is 0 Å². The zero-order valence-electron chi connectivity index (χ0n) is 31.4. The molecule has 1 amide bonds. The predicted octanol–water partition coefficient (Wildman–Crippen LogP) is 9.11. The summed E-state index contributed by atoms with van der Waals surface area (Å²) >= 11 is 0. The number of nitrogens with zero attached hydrogens (tertiary/aromatic N) is 1. The number of nitrogens with one attached hydrogen (secondary N) is 1. The van der Waals surface area contributed by atoms with Gasteiger partial charge in [0.15, 0.2) is 0 Å². The molecule has 0 spiro atoms. The van der Waals surface area contributed by atoms with Crippen molar-refractivity contribution in [2.75, 3.05) is 40.9 Å². The summed E-state index contributed by atoms with van der Waals surface area (Å²) < 4.78 is 23.0. The van der Waals surface area contributed by atoms with Crippen LogP contribution in [0.3, 0.4) is 0 Å². The van der Waals surface area contributed by atoms with Crippen LogP contribution in [0.2, 0.25) is 0 Å². The number of quaternary nitrogens is 1. The van der Waals surface area contributed by atoms with Crippen LogP contribution in [0.1, 0.15) is 142 Å². The highest BCUT2D eigenvalue weighted by Gasteiger charge is 2.23. The zero-order chi connectivity index (χ0) is 35.8. The molecule has 0 aliphatic heterocycles. The van der Waals surface area contributed by atoms with Crippen molar-refractivity contribution in [2.24, 2.45) is 0 Å². The number of hydrogen-bond acceptors (Lipinski definition) is 6. The van der Waals surface area contributed by atoms with E-state index >= 15 is 0 Å². The van der Waals surface area contributed by atoms with Gasteiger partial charge in [-0.05, 0) is 57.8 Å². The number of rotatable bonds is 33. The lowest BCUT2D eigenvalue weighted by Crippen LogP contribution is -2.45. The van der Waals surface area contributed by atoms with Gasteiger partial charge in [0.1, 0.15) is 13.2 Å². The molecule has 0 aromatic carbocycles. The number of likely N-dealkylation sites (N-methyl/N-ethyl adjacent to an activating group) is 1. The van der Waals surface area contributed by atoms with E-state index in [1.54, 1.807) is 6.08 Å². The smallest absolute Gasteiger partial charge is 0.268 e. The Balaban J connectivity index is 4.63. The Morgan fingerprint density at radius 1 is 0.729 bits per heavy atom. The highest BCUT2D eigenvalue weighted by molar-refractivity contribution is 7.45. The van der Waals surface area contributed by atoms with Crippen LogP contribution in [0.5, 0.6) is 0 Å². The first-order valence-electron chi connectivity index (χ1n) is 19.0. The van der Waals surface area contributed by atoms with E-state index in [-0.39, 0.29) is 12.5 Å². The van der Waals surface area contributed by atoms with Crippen molar-refractivity contribution in [2.45, 2.75) is 154 Å². The van der Waals surface area contributed by atoms with E-state index in [4.69, 9.17) is 9.05 Å². The van der Waals surface area contributed by atoms with Gasteiger partial charge in [0.25, 0.3) is 7.82 Å². The number of carbonyl (C=O) groups is 1. The summed E-state index contributed by atoms with van der Waals surface area (Å²) in [5.41, 5.74) is 0. The molecule has 0 fully saturated rings. The maximum Gasteiger partial charge on any atom is 0.268 e.